The fourth-order valence-corrected chi connectivity index (χ4v) is 4.10. The molecule has 1 aromatic carbocycles. The molecule has 0 unspecified atom stereocenters. The van der Waals surface area contributed by atoms with Gasteiger partial charge in [0, 0.05) is 41.7 Å². The number of nitrogens with zero attached hydrogens (tertiary/aromatic N) is 3. The van der Waals surface area contributed by atoms with Crippen molar-refractivity contribution in [3.8, 4) is 11.1 Å². The van der Waals surface area contributed by atoms with Crippen LogP contribution in [0.3, 0.4) is 0 Å². The fraction of sp³-hybridized carbons (Fsp3) is 0.400. The van der Waals surface area contributed by atoms with E-state index in [9.17, 15) is 13.6 Å². The van der Waals surface area contributed by atoms with Crippen LogP contribution in [0.1, 0.15) is 39.7 Å². The number of nitrogens with one attached hydrogen (secondary N) is 1. The van der Waals surface area contributed by atoms with E-state index in [1.54, 1.807) is 20.8 Å². The second-order valence-electron chi connectivity index (χ2n) is 7.84. The molecule has 1 aliphatic heterocycles. The zero-order chi connectivity index (χ0) is 21.2. The largest absolute Gasteiger partial charge is 0.444 e. The number of hydrogen-bond acceptors (Lipinski definition) is 6. The lowest BCUT2D eigenvalue weighted by atomic mass is 9.92. The first kappa shape index (κ1) is 21.2. The number of amidine groups is 1. The van der Waals surface area contributed by atoms with Crippen LogP contribution in [0.15, 0.2) is 35.8 Å². The number of ether oxygens (including phenoxy) is 1. The number of rotatable bonds is 2. The van der Waals surface area contributed by atoms with Gasteiger partial charge in [-0.15, -0.1) is 0 Å². The average Bonchev–Trinajstić information content (AvgIpc) is 2.60. The van der Waals surface area contributed by atoms with Gasteiger partial charge < -0.3 is 4.74 Å². The Labute approximate surface area is 172 Å². The zero-order valence-corrected chi connectivity index (χ0v) is 17.4. The summed E-state index contributed by atoms with van der Waals surface area (Å²) in [5, 5.41) is 2.95. The molecule has 154 valence electrons. The lowest BCUT2D eigenvalue weighted by molar-refractivity contribution is 0.0564. The van der Waals surface area contributed by atoms with E-state index in [0.717, 1.165) is 6.07 Å². The van der Waals surface area contributed by atoms with Crippen LogP contribution in [0.5, 0.6) is 0 Å². The van der Waals surface area contributed by atoms with Crippen LogP contribution in [-0.2, 0) is 9.48 Å². The normalized spacial score (nSPS) is 19.4. The van der Waals surface area contributed by atoms with Crippen molar-refractivity contribution in [2.24, 2.45) is 4.99 Å². The Bertz CT molecular complexity index is 947. The van der Waals surface area contributed by atoms with Crippen molar-refractivity contribution in [3.63, 3.8) is 0 Å². The first-order valence-corrected chi connectivity index (χ1v) is 9.87. The Hall–Kier alpha value is -2.55. The third-order valence-corrected chi connectivity index (χ3v) is 5.57. The summed E-state index contributed by atoms with van der Waals surface area (Å²) < 4.78 is 33.7. The van der Waals surface area contributed by atoms with E-state index < -0.39 is 28.1 Å². The Morgan fingerprint density at radius 1 is 1.21 bits per heavy atom. The molecule has 1 amide bonds. The Morgan fingerprint density at radius 2 is 1.90 bits per heavy atom. The van der Waals surface area contributed by atoms with Gasteiger partial charge in [-0.05, 0) is 40.2 Å². The topological polar surface area (TPSA) is 76.5 Å². The molecule has 0 radical (unpaired) electrons. The van der Waals surface area contributed by atoms with Gasteiger partial charge in [0.1, 0.15) is 23.6 Å². The SMILES string of the molecule is CC(C)(C)OC(=O)NC1=NCC[C@@](C)(c2cc(-c3cncnc3)c(F)cc2F)S1. The molecule has 0 saturated carbocycles. The summed E-state index contributed by atoms with van der Waals surface area (Å²) >= 11 is 1.21. The summed E-state index contributed by atoms with van der Waals surface area (Å²) in [5.74, 6) is -1.34. The summed E-state index contributed by atoms with van der Waals surface area (Å²) in [4.78, 5) is 24.2. The lowest BCUT2D eigenvalue weighted by Crippen LogP contribution is -2.39. The predicted octanol–water partition coefficient (Wildman–Crippen LogP) is 4.65. The summed E-state index contributed by atoms with van der Waals surface area (Å²) in [6, 6.07) is 2.35. The number of aliphatic imine (C=N–C) groups is 1. The van der Waals surface area contributed by atoms with Crippen molar-refractivity contribution < 1.29 is 18.3 Å². The van der Waals surface area contributed by atoms with Crippen LogP contribution in [0.2, 0.25) is 0 Å². The molecule has 0 bridgehead atoms. The van der Waals surface area contributed by atoms with E-state index >= 15 is 0 Å². The van der Waals surface area contributed by atoms with Crippen LogP contribution in [0, 0.1) is 11.6 Å². The number of aromatic nitrogens is 2. The monoisotopic (exact) mass is 420 g/mol. The van der Waals surface area contributed by atoms with Gasteiger partial charge in [-0.1, -0.05) is 11.8 Å². The number of carbonyl (C=O) groups is 1. The number of carbonyl (C=O) groups excluding carboxylic acids is 1. The molecule has 9 heteroatoms. The Balaban J connectivity index is 1.88. The highest BCUT2D eigenvalue weighted by atomic mass is 32.2. The van der Waals surface area contributed by atoms with Crippen LogP contribution < -0.4 is 5.32 Å². The highest BCUT2D eigenvalue weighted by Crippen LogP contribution is 2.44. The number of alkyl carbamates (subject to hydrolysis) is 1. The lowest BCUT2D eigenvalue weighted by Gasteiger charge is -2.33. The molecule has 3 rings (SSSR count). The van der Waals surface area contributed by atoms with E-state index in [0.29, 0.717) is 29.3 Å². The van der Waals surface area contributed by atoms with Crippen LogP contribution in [-0.4, -0.2) is 33.4 Å². The van der Waals surface area contributed by atoms with E-state index in [-0.39, 0.29) is 5.56 Å². The van der Waals surface area contributed by atoms with Gasteiger partial charge in [0.05, 0.1) is 4.75 Å². The maximum atomic E-state index is 14.8. The standard InChI is InChI=1S/C20H22F2N4O2S/c1-19(2,3)28-18(27)26-17-25-6-5-20(4,29-17)14-7-13(15(21)8-16(14)22)12-9-23-11-24-10-12/h7-11H,5-6H2,1-4H3,(H,25,26,27)/t20-/m0/s1. The number of thioether (sulfide) groups is 1. The second-order valence-corrected chi connectivity index (χ2v) is 9.33. The fourth-order valence-electron chi connectivity index (χ4n) is 2.93. The maximum Gasteiger partial charge on any atom is 0.413 e. The minimum Gasteiger partial charge on any atom is -0.444 e. The molecular formula is C20H22F2N4O2S. The molecule has 6 nitrogen and oxygen atoms in total. The van der Waals surface area contributed by atoms with Crippen LogP contribution >= 0.6 is 11.8 Å². The average molecular weight is 420 g/mol. The highest BCUT2D eigenvalue weighted by Gasteiger charge is 2.36. The van der Waals surface area contributed by atoms with Crippen molar-refractivity contribution >= 4 is 23.0 Å². The van der Waals surface area contributed by atoms with Gasteiger partial charge in [0.2, 0.25) is 0 Å². The number of amides is 1. The van der Waals surface area contributed by atoms with Crippen molar-refractivity contribution in [1.82, 2.24) is 15.3 Å². The maximum absolute atomic E-state index is 14.8. The van der Waals surface area contributed by atoms with Gasteiger partial charge in [0.15, 0.2) is 5.17 Å². The van der Waals surface area contributed by atoms with Crippen LogP contribution in [0.4, 0.5) is 13.6 Å². The number of benzene rings is 1. The van der Waals surface area contributed by atoms with Crippen molar-refractivity contribution in [1.29, 1.82) is 0 Å². The van der Waals surface area contributed by atoms with Crippen molar-refractivity contribution in [2.75, 3.05) is 6.54 Å². The number of halogens is 2. The van der Waals surface area contributed by atoms with E-state index in [2.05, 4.69) is 20.3 Å². The molecule has 29 heavy (non-hydrogen) atoms. The minimum absolute atomic E-state index is 0.216. The van der Waals surface area contributed by atoms with Gasteiger partial charge in [-0.25, -0.2) is 23.5 Å². The van der Waals surface area contributed by atoms with Gasteiger partial charge in [-0.3, -0.25) is 10.3 Å². The predicted molar refractivity (Wildman–Crippen MR) is 109 cm³/mol. The van der Waals surface area contributed by atoms with Gasteiger partial charge in [0.25, 0.3) is 0 Å². The van der Waals surface area contributed by atoms with Crippen molar-refractivity contribution in [2.45, 2.75) is 44.5 Å². The summed E-state index contributed by atoms with van der Waals surface area (Å²) in [6.45, 7) is 7.50. The first-order chi connectivity index (χ1) is 13.6. The molecule has 0 aliphatic carbocycles. The molecule has 1 aromatic heterocycles. The zero-order valence-electron chi connectivity index (χ0n) is 16.6. The van der Waals surface area contributed by atoms with Gasteiger partial charge in [-0.2, -0.15) is 0 Å². The Kier molecular flexibility index (Phi) is 5.88. The van der Waals surface area contributed by atoms with E-state index in [1.807, 2.05) is 6.92 Å². The molecule has 1 atom stereocenters. The van der Waals surface area contributed by atoms with E-state index in [4.69, 9.17) is 4.74 Å². The third kappa shape index (κ3) is 5.09. The molecule has 0 saturated heterocycles. The van der Waals surface area contributed by atoms with Crippen molar-refractivity contribution in [3.05, 3.63) is 48.1 Å². The summed E-state index contributed by atoms with van der Waals surface area (Å²) in [6.07, 6.45) is 4.18. The van der Waals surface area contributed by atoms with E-state index in [1.165, 1.54) is 36.5 Å². The second kappa shape index (κ2) is 8.06. The quantitative estimate of drug-likeness (QED) is 0.765. The summed E-state index contributed by atoms with van der Waals surface area (Å²) in [7, 11) is 0. The molecule has 0 spiro atoms. The number of hydrogen-bond donors (Lipinski definition) is 1. The first-order valence-electron chi connectivity index (χ1n) is 9.06. The molecule has 2 heterocycles. The molecule has 1 N–H and O–H groups in total. The smallest absolute Gasteiger partial charge is 0.413 e. The van der Waals surface area contributed by atoms with Crippen LogP contribution in [0.25, 0.3) is 11.1 Å². The molecule has 1 aliphatic rings. The molecule has 2 aromatic rings. The summed E-state index contributed by atoms with van der Waals surface area (Å²) in [5.41, 5.74) is 0.341. The Morgan fingerprint density at radius 3 is 2.55 bits per heavy atom. The molecule has 0 fully saturated rings. The third-order valence-electron chi connectivity index (χ3n) is 4.27. The highest BCUT2D eigenvalue weighted by molar-refractivity contribution is 8.14. The minimum atomic E-state index is -0.756. The molecular weight excluding hydrogens is 398 g/mol. The van der Waals surface area contributed by atoms with Gasteiger partial charge >= 0.3 is 6.09 Å².